The predicted octanol–water partition coefficient (Wildman–Crippen LogP) is 5.04. The first-order chi connectivity index (χ1) is 12.0. The summed E-state index contributed by atoms with van der Waals surface area (Å²) >= 11 is 1.20. The van der Waals surface area contributed by atoms with Crippen LogP contribution >= 0.6 is 11.3 Å². The topological polar surface area (TPSA) is 54.6 Å². The van der Waals surface area contributed by atoms with Crippen molar-refractivity contribution in [3.8, 4) is 22.5 Å². The number of carboxylic acids is 1. The molecule has 0 unspecified atom stereocenters. The second kappa shape index (κ2) is 5.86. The number of benzene rings is 2. The van der Waals surface area contributed by atoms with E-state index >= 15 is 0 Å². The number of hydrogen-bond donors (Lipinski definition) is 1. The van der Waals surface area contributed by atoms with Gasteiger partial charge in [-0.25, -0.2) is 9.78 Å². The normalized spacial score (nSPS) is 11.1. The second-order valence-electron chi connectivity index (χ2n) is 6.03. The van der Waals surface area contributed by atoms with E-state index in [0.717, 1.165) is 16.8 Å². The minimum Gasteiger partial charge on any atom is -0.477 e. The number of nitrogens with zero attached hydrogens (tertiary/aromatic N) is 2. The molecule has 2 aromatic carbocycles. The fourth-order valence-electron chi connectivity index (χ4n) is 2.90. The summed E-state index contributed by atoms with van der Waals surface area (Å²) in [7, 11) is 0. The zero-order valence-corrected chi connectivity index (χ0v) is 14.7. The summed E-state index contributed by atoms with van der Waals surface area (Å²) in [5.74, 6) is -0.929. The number of imidazole rings is 1. The molecule has 4 rings (SSSR count). The highest BCUT2D eigenvalue weighted by Crippen LogP contribution is 2.34. The number of thiazole rings is 1. The molecule has 0 amide bonds. The zero-order valence-electron chi connectivity index (χ0n) is 13.9. The van der Waals surface area contributed by atoms with Crippen molar-refractivity contribution in [2.75, 3.05) is 0 Å². The average Bonchev–Trinajstić information content (AvgIpc) is 3.16. The van der Waals surface area contributed by atoms with Crippen molar-refractivity contribution in [1.29, 1.82) is 0 Å². The van der Waals surface area contributed by atoms with Crippen molar-refractivity contribution in [1.82, 2.24) is 9.38 Å². The van der Waals surface area contributed by atoms with E-state index < -0.39 is 5.97 Å². The summed E-state index contributed by atoms with van der Waals surface area (Å²) in [6.45, 7) is 4.16. The molecule has 0 saturated carbocycles. The first kappa shape index (κ1) is 15.6. The molecule has 0 bridgehead atoms. The molecule has 0 spiro atoms. The molecular formula is C20H16N2O2S. The summed E-state index contributed by atoms with van der Waals surface area (Å²) in [6.07, 6.45) is 1.92. The van der Waals surface area contributed by atoms with Crippen molar-refractivity contribution >= 4 is 22.3 Å². The Balaban J connectivity index is 1.93. The molecular weight excluding hydrogens is 332 g/mol. The first-order valence-corrected chi connectivity index (χ1v) is 8.74. The third-order valence-corrected chi connectivity index (χ3v) is 5.41. The van der Waals surface area contributed by atoms with Gasteiger partial charge in [0, 0.05) is 17.3 Å². The Kier molecular flexibility index (Phi) is 3.66. The lowest BCUT2D eigenvalue weighted by molar-refractivity contribution is 0.0702. The molecule has 4 nitrogen and oxygen atoms in total. The molecule has 124 valence electrons. The Labute approximate surface area is 149 Å². The molecule has 0 saturated heterocycles. The number of fused-ring (bicyclic) bond motifs is 1. The molecule has 0 fully saturated rings. The Morgan fingerprint density at radius 1 is 1.04 bits per heavy atom. The predicted molar refractivity (Wildman–Crippen MR) is 100 cm³/mol. The lowest BCUT2D eigenvalue weighted by Crippen LogP contribution is -1.97. The molecule has 4 aromatic rings. The summed E-state index contributed by atoms with van der Waals surface area (Å²) in [5.41, 5.74) is 5.88. The summed E-state index contributed by atoms with van der Waals surface area (Å²) in [6, 6.07) is 15.8. The molecule has 0 aliphatic heterocycles. The molecule has 2 heterocycles. The van der Waals surface area contributed by atoms with Gasteiger partial charge in [0.2, 0.25) is 0 Å². The van der Waals surface area contributed by atoms with Crippen molar-refractivity contribution in [3.63, 3.8) is 0 Å². The van der Waals surface area contributed by atoms with Crippen LogP contribution in [0.25, 0.3) is 27.5 Å². The smallest absolute Gasteiger partial charge is 0.348 e. The van der Waals surface area contributed by atoms with Crippen molar-refractivity contribution in [2.24, 2.45) is 0 Å². The maximum atomic E-state index is 11.7. The first-order valence-electron chi connectivity index (χ1n) is 7.93. The number of hydrogen-bond acceptors (Lipinski definition) is 3. The molecule has 5 heteroatoms. The van der Waals surface area contributed by atoms with Gasteiger partial charge >= 0.3 is 5.97 Å². The van der Waals surface area contributed by atoms with E-state index in [1.165, 1.54) is 22.5 Å². The van der Waals surface area contributed by atoms with Gasteiger partial charge in [0.1, 0.15) is 4.88 Å². The molecule has 2 aromatic heterocycles. The fraction of sp³-hybridized carbons (Fsp3) is 0.100. The van der Waals surface area contributed by atoms with E-state index in [9.17, 15) is 9.90 Å². The van der Waals surface area contributed by atoms with E-state index in [4.69, 9.17) is 0 Å². The Morgan fingerprint density at radius 2 is 1.80 bits per heavy atom. The minimum absolute atomic E-state index is 0.306. The van der Waals surface area contributed by atoms with Gasteiger partial charge in [-0.05, 0) is 31.0 Å². The van der Waals surface area contributed by atoms with Crippen LogP contribution in [0.4, 0.5) is 0 Å². The molecule has 0 aliphatic rings. The minimum atomic E-state index is -0.929. The molecule has 0 radical (unpaired) electrons. The monoisotopic (exact) mass is 348 g/mol. The van der Waals surface area contributed by atoms with E-state index in [0.29, 0.717) is 15.5 Å². The van der Waals surface area contributed by atoms with Crippen molar-refractivity contribution in [2.45, 2.75) is 13.8 Å². The zero-order chi connectivity index (χ0) is 17.6. The van der Waals surface area contributed by atoms with E-state index in [1.807, 2.05) is 40.9 Å². The van der Waals surface area contributed by atoms with Crippen LogP contribution in [0.5, 0.6) is 0 Å². The highest BCUT2D eigenvalue weighted by atomic mass is 32.1. The Morgan fingerprint density at radius 3 is 2.48 bits per heavy atom. The average molecular weight is 348 g/mol. The molecule has 25 heavy (non-hydrogen) atoms. The Bertz CT molecular complexity index is 1090. The number of aromatic carboxylic acids is 1. The van der Waals surface area contributed by atoms with Gasteiger partial charge in [0.15, 0.2) is 4.96 Å². The molecule has 0 atom stereocenters. The third-order valence-electron chi connectivity index (χ3n) is 4.37. The fourth-order valence-corrected chi connectivity index (χ4v) is 3.86. The van der Waals surface area contributed by atoms with Crippen LogP contribution in [0.2, 0.25) is 0 Å². The number of carboxylic acid groups (broad SMARTS) is 1. The van der Waals surface area contributed by atoms with Crippen LogP contribution in [0.1, 0.15) is 20.8 Å². The maximum Gasteiger partial charge on any atom is 0.348 e. The standard InChI is InChI=1S/C20H16N2O2S/c1-12-8-9-15(10-13(12)2)16-11-22-17(14-6-4-3-5-7-14)18(19(23)24)25-20(22)21-16/h3-11H,1-2H3,(H,23,24). The summed E-state index contributed by atoms with van der Waals surface area (Å²) < 4.78 is 1.88. The Hall–Kier alpha value is -2.92. The van der Waals surface area contributed by atoms with Gasteiger partial charge in [-0.2, -0.15) is 0 Å². The summed E-state index contributed by atoms with van der Waals surface area (Å²) in [5, 5.41) is 9.57. The maximum absolute atomic E-state index is 11.7. The second-order valence-corrected chi connectivity index (χ2v) is 7.01. The number of aromatic nitrogens is 2. The van der Waals surface area contributed by atoms with Gasteiger partial charge in [-0.1, -0.05) is 53.8 Å². The van der Waals surface area contributed by atoms with Crippen LogP contribution in [0.3, 0.4) is 0 Å². The van der Waals surface area contributed by atoms with Crippen LogP contribution in [0.15, 0.2) is 54.7 Å². The lowest BCUT2D eigenvalue weighted by Gasteiger charge is -2.03. The van der Waals surface area contributed by atoms with E-state index in [1.54, 1.807) is 0 Å². The van der Waals surface area contributed by atoms with Crippen LogP contribution in [0, 0.1) is 13.8 Å². The molecule has 0 aliphatic carbocycles. The van der Waals surface area contributed by atoms with E-state index in [2.05, 4.69) is 37.0 Å². The van der Waals surface area contributed by atoms with E-state index in [-0.39, 0.29) is 0 Å². The number of carbonyl (C=O) groups is 1. The van der Waals surface area contributed by atoms with Crippen LogP contribution in [-0.2, 0) is 0 Å². The number of aryl methyl sites for hydroxylation is 2. The third kappa shape index (κ3) is 2.62. The van der Waals surface area contributed by atoms with Crippen LogP contribution < -0.4 is 0 Å². The van der Waals surface area contributed by atoms with Crippen molar-refractivity contribution < 1.29 is 9.90 Å². The van der Waals surface area contributed by atoms with Gasteiger partial charge < -0.3 is 5.11 Å². The number of rotatable bonds is 3. The highest BCUT2D eigenvalue weighted by molar-refractivity contribution is 7.19. The highest BCUT2D eigenvalue weighted by Gasteiger charge is 2.21. The lowest BCUT2D eigenvalue weighted by atomic mass is 10.0. The quantitative estimate of drug-likeness (QED) is 0.564. The van der Waals surface area contributed by atoms with Crippen LogP contribution in [-0.4, -0.2) is 20.5 Å². The summed E-state index contributed by atoms with van der Waals surface area (Å²) in [4.78, 5) is 17.3. The van der Waals surface area contributed by atoms with Gasteiger partial charge in [0.25, 0.3) is 0 Å². The molecule has 1 N–H and O–H groups in total. The van der Waals surface area contributed by atoms with Gasteiger partial charge in [-0.3, -0.25) is 4.40 Å². The van der Waals surface area contributed by atoms with Gasteiger partial charge in [0.05, 0.1) is 11.4 Å². The largest absolute Gasteiger partial charge is 0.477 e. The SMILES string of the molecule is Cc1ccc(-c2cn3c(-c4ccccc4)c(C(=O)O)sc3n2)cc1C. The van der Waals surface area contributed by atoms with Crippen molar-refractivity contribution in [3.05, 3.63) is 70.7 Å². The van der Waals surface area contributed by atoms with Gasteiger partial charge in [-0.15, -0.1) is 0 Å².